The molecule has 0 heterocycles. The third kappa shape index (κ3) is 2.98. The van der Waals surface area contributed by atoms with Crippen LogP contribution in [0, 0.1) is 0 Å². The Kier molecular flexibility index (Phi) is 3.78. The van der Waals surface area contributed by atoms with Crippen LogP contribution in [0.15, 0.2) is 48.5 Å². The zero-order valence-corrected chi connectivity index (χ0v) is 10.6. The van der Waals surface area contributed by atoms with Crippen molar-refractivity contribution in [3.05, 3.63) is 59.7 Å². The number of ether oxygens (including phenoxy) is 1. The SMILES string of the molecule is CCc1cccc(Oc2cccc(C(C)=O)c2)c1. The van der Waals surface area contributed by atoms with Crippen LogP contribution in [0.5, 0.6) is 11.5 Å². The third-order valence-corrected chi connectivity index (χ3v) is 2.78. The minimum atomic E-state index is 0.0442. The maximum absolute atomic E-state index is 11.3. The van der Waals surface area contributed by atoms with Gasteiger partial charge in [0.25, 0.3) is 0 Å². The lowest BCUT2D eigenvalue weighted by atomic mass is 10.1. The molecule has 2 aromatic rings. The lowest BCUT2D eigenvalue weighted by Gasteiger charge is -2.07. The van der Waals surface area contributed by atoms with Crippen LogP contribution < -0.4 is 4.74 Å². The van der Waals surface area contributed by atoms with Crippen LogP contribution >= 0.6 is 0 Å². The van der Waals surface area contributed by atoms with Crippen molar-refractivity contribution in [1.29, 1.82) is 0 Å². The molecular weight excluding hydrogens is 224 g/mol. The summed E-state index contributed by atoms with van der Waals surface area (Å²) in [6.07, 6.45) is 0.977. The van der Waals surface area contributed by atoms with Crippen molar-refractivity contribution in [3.8, 4) is 11.5 Å². The number of hydrogen-bond donors (Lipinski definition) is 0. The van der Waals surface area contributed by atoms with Crippen molar-refractivity contribution in [2.75, 3.05) is 0 Å². The van der Waals surface area contributed by atoms with E-state index in [0.29, 0.717) is 11.3 Å². The van der Waals surface area contributed by atoms with Crippen LogP contribution in [-0.2, 0) is 6.42 Å². The second-order valence-corrected chi connectivity index (χ2v) is 4.19. The van der Waals surface area contributed by atoms with E-state index in [1.807, 2.05) is 30.3 Å². The molecule has 2 aromatic carbocycles. The van der Waals surface area contributed by atoms with Gasteiger partial charge in [0, 0.05) is 5.56 Å². The first-order valence-electron chi connectivity index (χ1n) is 6.07. The standard InChI is InChI=1S/C16H16O2/c1-3-13-6-4-8-15(10-13)18-16-9-5-7-14(11-16)12(2)17/h4-11H,3H2,1-2H3. The lowest BCUT2D eigenvalue weighted by Crippen LogP contribution is -1.92. The molecule has 0 aliphatic rings. The molecule has 0 amide bonds. The third-order valence-electron chi connectivity index (χ3n) is 2.78. The maximum atomic E-state index is 11.3. The van der Waals surface area contributed by atoms with Gasteiger partial charge in [0.2, 0.25) is 0 Å². The Bertz CT molecular complexity index is 559. The van der Waals surface area contributed by atoms with Crippen LogP contribution in [-0.4, -0.2) is 5.78 Å². The van der Waals surface area contributed by atoms with E-state index in [9.17, 15) is 4.79 Å². The maximum Gasteiger partial charge on any atom is 0.159 e. The molecule has 0 radical (unpaired) electrons. The van der Waals surface area contributed by atoms with Gasteiger partial charge in [0.15, 0.2) is 5.78 Å². The summed E-state index contributed by atoms with van der Waals surface area (Å²) in [5, 5.41) is 0. The quantitative estimate of drug-likeness (QED) is 0.747. The first-order chi connectivity index (χ1) is 8.69. The molecular formula is C16H16O2. The lowest BCUT2D eigenvalue weighted by molar-refractivity contribution is 0.101. The summed E-state index contributed by atoms with van der Waals surface area (Å²) in [6, 6.07) is 15.2. The molecule has 0 saturated heterocycles. The minimum absolute atomic E-state index is 0.0442. The summed E-state index contributed by atoms with van der Waals surface area (Å²) in [7, 11) is 0. The molecule has 0 N–H and O–H groups in total. The summed E-state index contributed by atoms with van der Waals surface area (Å²) in [6.45, 7) is 3.66. The van der Waals surface area contributed by atoms with Gasteiger partial charge in [-0.05, 0) is 43.2 Å². The predicted molar refractivity (Wildman–Crippen MR) is 72.3 cm³/mol. The molecule has 0 saturated carbocycles. The first kappa shape index (κ1) is 12.4. The van der Waals surface area contributed by atoms with Gasteiger partial charge in [-0.15, -0.1) is 0 Å². The molecule has 0 spiro atoms. The first-order valence-corrected chi connectivity index (χ1v) is 6.07. The summed E-state index contributed by atoms with van der Waals surface area (Å²) in [5.74, 6) is 1.54. The molecule has 0 aliphatic heterocycles. The predicted octanol–water partition coefficient (Wildman–Crippen LogP) is 4.24. The second-order valence-electron chi connectivity index (χ2n) is 4.19. The Labute approximate surface area is 107 Å². The van der Waals surface area contributed by atoms with Gasteiger partial charge < -0.3 is 4.74 Å². The van der Waals surface area contributed by atoms with E-state index in [-0.39, 0.29) is 5.78 Å². The van der Waals surface area contributed by atoms with E-state index in [4.69, 9.17) is 4.74 Å². The molecule has 2 heteroatoms. The van der Waals surface area contributed by atoms with Gasteiger partial charge >= 0.3 is 0 Å². The van der Waals surface area contributed by atoms with Gasteiger partial charge in [-0.2, -0.15) is 0 Å². The molecule has 2 rings (SSSR count). The van der Waals surface area contributed by atoms with Crippen LogP contribution in [0.25, 0.3) is 0 Å². The van der Waals surface area contributed by atoms with Gasteiger partial charge in [0.1, 0.15) is 11.5 Å². The second kappa shape index (κ2) is 5.50. The topological polar surface area (TPSA) is 26.3 Å². The molecule has 0 aliphatic carbocycles. The largest absolute Gasteiger partial charge is 0.457 e. The Balaban J connectivity index is 2.22. The molecule has 0 fully saturated rings. The fourth-order valence-corrected chi connectivity index (χ4v) is 1.74. The van der Waals surface area contributed by atoms with E-state index in [0.717, 1.165) is 12.2 Å². The van der Waals surface area contributed by atoms with E-state index in [1.165, 1.54) is 5.56 Å². The zero-order chi connectivity index (χ0) is 13.0. The van der Waals surface area contributed by atoms with Crippen molar-refractivity contribution in [3.63, 3.8) is 0 Å². The Hall–Kier alpha value is -2.09. The highest BCUT2D eigenvalue weighted by molar-refractivity contribution is 5.94. The van der Waals surface area contributed by atoms with E-state index in [1.54, 1.807) is 19.1 Å². The molecule has 92 valence electrons. The molecule has 18 heavy (non-hydrogen) atoms. The average Bonchev–Trinajstić information content (AvgIpc) is 2.39. The van der Waals surface area contributed by atoms with E-state index < -0.39 is 0 Å². The number of rotatable bonds is 4. The number of aryl methyl sites for hydroxylation is 1. The van der Waals surface area contributed by atoms with Gasteiger partial charge in [0.05, 0.1) is 0 Å². The number of benzene rings is 2. The van der Waals surface area contributed by atoms with Gasteiger partial charge in [-0.3, -0.25) is 4.79 Å². The smallest absolute Gasteiger partial charge is 0.159 e. The van der Waals surface area contributed by atoms with Crippen LogP contribution in [0.4, 0.5) is 0 Å². The van der Waals surface area contributed by atoms with Crippen LogP contribution in [0.1, 0.15) is 29.8 Å². The molecule has 0 bridgehead atoms. The minimum Gasteiger partial charge on any atom is -0.457 e. The number of Topliss-reactive ketones (excluding diaryl/α,β-unsaturated/α-hetero) is 1. The van der Waals surface area contributed by atoms with Crippen molar-refractivity contribution < 1.29 is 9.53 Å². The van der Waals surface area contributed by atoms with Crippen molar-refractivity contribution in [2.45, 2.75) is 20.3 Å². The van der Waals surface area contributed by atoms with Gasteiger partial charge in [-0.1, -0.05) is 31.2 Å². The summed E-state index contributed by atoms with van der Waals surface area (Å²) in [5.41, 5.74) is 1.90. The van der Waals surface area contributed by atoms with E-state index >= 15 is 0 Å². The Morgan fingerprint density at radius 1 is 1.06 bits per heavy atom. The number of hydrogen-bond acceptors (Lipinski definition) is 2. The Morgan fingerprint density at radius 2 is 1.72 bits per heavy atom. The molecule has 0 unspecified atom stereocenters. The van der Waals surface area contributed by atoms with Crippen molar-refractivity contribution in [1.82, 2.24) is 0 Å². The monoisotopic (exact) mass is 240 g/mol. The highest BCUT2D eigenvalue weighted by atomic mass is 16.5. The summed E-state index contributed by atoms with van der Waals surface area (Å²) >= 11 is 0. The summed E-state index contributed by atoms with van der Waals surface area (Å²) in [4.78, 5) is 11.3. The zero-order valence-electron chi connectivity index (χ0n) is 10.6. The fraction of sp³-hybridized carbons (Fsp3) is 0.188. The van der Waals surface area contributed by atoms with Crippen molar-refractivity contribution in [2.24, 2.45) is 0 Å². The highest BCUT2D eigenvalue weighted by Crippen LogP contribution is 2.23. The van der Waals surface area contributed by atoms with E-state index in [2.05, 4.69) is 13.0 Å². The van der Waals surface area contributed by atoms with Crippen LogP contribution in [0.2, 0.25) is 0 Å². The van der Waals surface area contributed by atoms with Gasteiger partial charge in [-0.25, -0.2) is 0 Å². The number of carbonyl (C=O) groups is 1. The molecule has 2 nitrogen and oxygen atoms in total. The number of carbonyl (C=O) groups excluding carboxylic acids is 1. The Morgan fingerprint density at radius 3 is 2.39 bits per heavy atom. The average molecular weight is 240 g/mol. The summed E-state index contributed by atoms with van der Waals surface area (Å²) < 4.78 is 5.76. The number of ketones is 1. The molecule has 0 aromatic heterocycles. The fourth-order valence-electron chi connectivity index (χ4n) is 1.74. The molecule has 0 atom stereocenters. The van der Waals surface area contributed by atoms with Crippen LogP contribution in [0.3, 0.4) is 0 Å². The van der Waals surface area contributed by atoms with Crippen molar-refractivity contribution >= 4 is 5.78 Å². The normalized spacial score (nSPS) is 10.1. The highest BCUT2D eigenvalue weighted by Gasteiger charge is 2.02.